The third-order valence-corrected chi connectivity index (χ3v) is 4.56. The van der Waals surface area contributed by atoms with Crippen LogP contribution in [0.3, 0.4) is 0 Å². The number of benzene rings is 2. The van der Waals surface area contributed by atoms with Crippen molar-refractivity contribution in [2.24, 2.45) is 0 Å². The second-order valence-electron chi connectivity index (χ2n) is 6.34. The van der Waals surface area contributed by atoms with E-state index < -0.39 is 0 Å². The zero-order valence-electron chi connectivity index (χ0n) is 14.8. The Morgan fingerprint density at radius 1 is 0.852 bits per heavy atom. The van der Waals surface area contributed by atoms with Gasteiger partial charge in [-0.25, -0.2) is 0 Å². The van der Waals surface area contributed by atoms with Gasteiger partial charge in [-0.1, -0.05) is 66.7 Å². The van der Waals surface area contributed by atoms with Gasteiger partial charge in [-0.05, 0) is 23.3 Å². The van der Waals surface area contributed by atoms with E-state index in [1.165, 1.54) is 0 Å². The number of nitrogens with zero attached hydrogens (tertiary/aromatic N) is 3. The summed E-state index contributed by atoms with van der Waals surface area (Å²) in [4.78, 5) is 13.0. The normalized spacial score (nSPS) is 11.0. The van der Waals surface area contributed by atoms with Crippen molar-refractivity contribution in [1.29, 1.82) is 0 Å². The van der Waals surface area contributed by atoms with Crippen LogP contribution in [0.25, 0.3) is 5.65 Å². The largest absolute Gasteiger partial charge is 0.355 e. The van der Waals surface area contributed by atoms with Gasteiger partial charge in [0.1, 0.15) is 5.82 Å². The summed E-state index contributed by atoms with van der Waals surface area (Å²) in [5.74, 6) is 0.491. The summed E-state index contributed by atoms with van der Waals surface area (Å²) >= 11 is 0. The van der Waals surface area contributed by atoms with Crippen LogP contribution in [-0.2, 0) is 11.2 Å². The molecule has 0 unspecified atom stereocenters. The summed E-state index contributed by atoms with van der Waals surface area (Å²) in [6, 6.07) is 25.5. The molecule has 0 fully saturated rings. The first kappa shape index (κ1) is 17.0. The van der Waals surface area contributed by atoms with E-state index in [2.05, 4.69) is 15.5 Å². The number of hydrogen-bond donors (Lipinski definition) is 1. The van der Waals surface area contributed by atoms with E-state index in [9.17, 15) is 4.79 Å². The van der Waals surface area contributed by atoms with Crippen molar-refractivity contribution in [3.05, 3.63) is 102 Å². The average Bonchev–Trinajstić information content (AvgIpc) is 3.13. The lowest BCUT2D eigenvalue weighted by molar-refractivity contribution is -0.121. The summed E-state index contributed by atoms with van der Waals surface area (Å²) in [7, 11) is 0. The Hall–Kier alpha value is -3.47. The van der Waals surface area contributed by atoms with E-state index >= 15 is 0 Å². The van der Waals surface area contributed by atoms with Crippen LogP contribution in [-0.4, -0.2) is 27.0 Å². The highest BCUT2D eigenvalue weighted by Crippen LogP contribution is 2.24. The number of rotatable bonds is 6. The van der Waals surface area contributed by atoms with Crippen molar-refractivity contribution in [3.63, 3.8) is 0 Å². The van der Waals surface area contributed by atoms with Crippen LogP contribution in [0.15, 0.2) is 85.1 Å². The fraction of sp³-hybridized carbons (Fsp3) is 0.136. The van der Waals surface area contributed by atoms with Gasteiger partial charge in [-0.3, -0.25) is 9.20 Å². The fourth-order valence-electron chi connectivity index (χ4n) is 3.25. The number of fused-ring (bicyclic) bond motifs is 1. The molecular formula is C22H20N4O. The predicted molar refractivity (Wildman–Crippen MR) is 104 cm³/mol. The van der Waals surface area contributed by atoms with Crippen LogP contribution in [0.2, 0.25) is 0 Å². The maximum Gasteiger partial charge on any atom is 0.232 e. The first-order valence-electron chi connectivity index (χ1n) is 8.99. The Bertz CT molecular complexity index is 988. The minimum Gasteiger partial charge on any atom is -0.355 e. The predicted octanol–water partition coefficient (Wildman–Crippen LogP) is 3.22. The van der Waals surface area contributed by atoms with Gasteiger partial charge < -0.3 is 5.32 Å². The SMILES string of the molecule is O=C(NCCc1nnc2ccccn12)C(c1ccccc1)c1ccccc1. The van der Waals surface area contributed by atoms with Gasteiger partial charge in [0.05, 0.1) is 5.92 Å². The molecule has 134 valence electrons. The monoisotopic (exact) mass is 356 g/mol. The van der Waals surface area contributed by atoms with Gasteiger partial charge in [-0.2, -0.15) is 0 Å². The molecule has 2 heterocycles. The molecule has 4 aromatic rings. The first-order chi connectivity index (χ1) is 13.3. The van der Waals surface area contributed by atoms with Crippen LogP contribution < -0.4 is 5.32 Å². The van der Waals surface area contributed by atoms with Crippen molar-refractivity contribution < 1.29 is 4.79 Å². The Morgan fingerprint density at radius 3 is 2.15 bits per heavy atom. The van der Waals surface area contributed by atoms with Crippen LogP contribution >= 0.6 is 0 Å². The lowest BCUT2D eigenvalue weighted by atomic mass is 9.90. The third kappa shape index (κ3) is 3.72. The lowest BCUT2D eigenvalue weighted by Crippen LogP contribution is -2.32. The van der Waals surface area contributed by atoms with Gasteiger partial charge in [0.15, 0.2) is 5.65 Å². The minimum absolute atomic E-state index is 0.0128. The second kappa shape index (κ2) is 7.83. The quantitative estimate of drug-likeness (QED) is 0.577. The van der Waals surface area contributed by atoms with E-state index in [4.69, 9.17) is 0 Å². The van der Waals surface area contributed by atoms with Crippen molar-refractivity contribution >= 4 is 11.6 Å². The molecule has 0 radical (unpaired) electrons. The molecule has 0 saturated heterocycles. The van der Waals surface area contributed by atoms with Gasteiger partial charge >= 0.3 is 0 Å². The Kier molecular flexibility index (Phi) is 4.92. The topological polar surface area (TPSA) is 59.3 Å². The molecule has 0 aliphatic heterocycles. The highest BCUT2D eigenvalue weighted by molar-refractivity contribution is 5.87. The van der Waals surface area contributed by atoms with Gasteiger partial charge in [0.25, 0.3) is 0 Å². The summed E-state index contributed by atoms with van der Waals surface area (Å²) in [6.07, 6.45) is 2.55. The number of aromatic nitrogens is 3. The second-order valence-corrected chi connectivity index (χ2v) is 6.34. The van der Waals surface area contributed by atoms with E-state index in [0.717, 1.165) is 22.6 Å². The van der Waals surface area contributed by atoms with Gasteiger partial charge in [-0.15, -0.1) is 10.2 Å². The molecule has 5 heteroatoms. The van der Waals surface area contributed by atoms with E-state index in [1.54, 1.807) is 0 Å². The van der Waals surface area contributed by atoms with Gasteiger partial charge in [0, 0.05) is 19.2 Å². The molecule has 0 aliphatic carbocycles. The van der Waals surface area contributed by atoms with Crippen LogP contribution in [0.5, 0.6) is 0 Å². The molecular weight excluding hydrogens is 336 g/mol. The third-order valence-electron chi connectivity index (χ3n) is 4.56. The first-order valence-corrected chi connectivity index (χ1v) is 8.99. The highest BCUT2D eigenvalue weighted by atomic mass is 16.1. The fourth-order valence-corrected chi connectivity index (χ4v) is 3.25. The van der Waals surface area contributed by atoms with E-state index in [1.807, 2.05) is 89.5 Å². The maximum absolute atomic E-state index is 13.0. The molecule has 0 spiro atoms. The number of pyridine rings is 1. The maximum atomic E-state index is 13.0. The van der Waals surface area contributed by atoms with E-state index in [0.29, 0.717) is 13.0 Å². The zero-order valence-corrected chi connectivity index (χ0v) is 14.8. The molecule has 0 aliphatic rings. The Balaban J connectivity index is 1.49. The van der Waals surface area contributed by atoms with Crippen LogP contribution in [0.1, 0.15) is 22.9 Å². The number of hydrogen-bond acceptors (Lipinski definition) is 3. The zero-order chi connectivity index (χ0) is 18.5. The smallest absolute Gasteiger partial charge is 0.232 e. The van der Waals surface area contributed by atoms with Gasteiger partial charge in [0.2, 0.25) is 5.91 Å². The van der Waals surface area contributed by atoms with Crippen molar-refractivity contribution in [2.45, 2.75) is 12.3 Å². The molecule has 2 aromatic carbocycles. The summed E-state index contributed by atoms with van der Waals surface area (Å²) in [5, 5.41) is 11.4. The average molecular weight is 356 g/mol. The molecule has 0 bridgehead atoms. The standard InChI is InChI=1S/C22H20N4O/c27-22(23-15-14-20-25-24-19-13-7-8-16-26(19)20)21(17-9-3-1-4-10-17)18-11-5-2-6-12-18/h1-13,16,21H,14-15H2,(H,23,27). The van der Waals surface area contributed by atoms with Crippen molar-refractivity contribution in [3.8, 4) is 0 Å². The highest BCUT2D eigenvalue weighted by Gasteiger charge is 2.22. The number of carbonyl (C=O) groups excluding carboxylic acids is 1. The Morgan fingerprint density at radius 2 is 1.48 bits per heavy atom. The number of carbonyl (C=O) groups is 1. The summed E-state index contributed by atoms with van der Waals surface area (Å²) in [5.41, 5.74) is 2.77. The number of amides is 1. The summed E-state index contributed by atoms with van der Waals surface area (Å²) in [6.45, 7) is 0.505. The number of nitrogens with one attached hydrogen (secondary N) is 1. The molecule has 1 N–H and O–H groups in total. The lowest BCUT2D eigenvalue weighted by Gasteiger charge is -2.17. The molecule has 2 aromatic heterocycles. The molecule has 0 saturated carbocycles. The molecule has 4 rings (SSSR count). The molecule has 27 heavy (non-hydrogen) atoms. The minimum atomic E-state index is -0.331. The van der Waals surface area contributed by atoms with E-state index in [-0.39, 0.29) is 11.8 Å². The molecule has 1 amide bonds. The van der Waals surface area contributed by atoms with Crippen molar-refractivity contribution in [2.75, 3.05) is 6.54 Å². The van der Waals surface area contributed by atoms with Crippen molar-refractivity contribution in [1.82, 2.24) is 19.9 Å². The van der Waals surface area contributed by atoms with Crippen LogP contribution in [0.4, 0.5) is 0 Å². The molecule has 5 nitrogen and oxygen atoms in total. The Labute approximate surface area is 157 Å². The van der Waals surface area contributed by atoms with Crippen LogP contribution in [0, 0.1) is 0 Å². The summed E-state index contributed by atoms with van der Waals surface area (Å²) < 4.78 is 1.94. The molecule has 0 atom stereocenters.